The van der Waals surface area contributed by atoms with E-state index in [1.54, 1.807) is 12.1 Å². The third kappa shape index (κ3) is 2.90. The molecule has 1 aromatic rings. The Kier molecular flexibility index (Phi) is 4.21. The largest absolute Gasteiger partial charge is 0.409 e. The maximum Gasteiger partial charge on any atom is 0.171 e. The lowest BCUT2D eigenvalue weighted by molar-refractivity contribution is 0.318. The van der Waals surface area contributed by atoms with E-state index in [0.29, 0.717) is 11.3 Å². The van der Waals surface area contributed by atoms with Crippen LogP contribution < -0.4 is 5.73 Å². The van der Waals surface area contributed by atoms with Gasteiger partial charge in [-0.25, -0.2) is 4.98 Å². The fourth-order valence-corrected chi connectivity index (χ4v) is 1.42. The maximum atomic E-state index is 8.59. The number of rotatable bonds is 4. The highest BCUT2D eigenvalue weighted by Gasteiger charge is 2.00. The molecule has 0 radical (unpaired) electrons. The highest BCUT2D eigenvalue weighted by atomic mass is 32.2. The van der Waals surface area contributed by atoms with E-state index in [4.69, 9.17) is 16.0 Å². The predicted octanol–water partition coefficient (Wildman–Crippen LogP) is 0.261. The number of amidine groups is 1. The van der Waals surface area contributed by atoms with E-state index < -0.39 is 0 Å². The molecule has 4 N–H and O–H groups in total. The van der Waals surface area contributed by atoms with Crippen molar-refractivity contribution in [3.8, 4) is 0 Å². The highest BCUT2D eigenvalue weighted by molar-refractivity contribution is 7.99. The van der Waals surface area contributed by atoms with Crippen LogP contribution >= 0.6 is 11.8 Å². The van der Waals surface area contributed by atoms with Crippen molar-refractivity contribution in [2.45, 2.75) is 5.03 Å². The summed E-state index contributed by atoms with van der Waals surface area (Å²) in [6.45, 7) is 0.119. The fourth-order valence-electron chi connectivity index (χ4n) is 0.825. The summed E-state index contributed by atoms with van der Waals surface area (Å²) >= 11 is 1.44. The summed E-state index contributed by atoms with van der Waals surface area (Å²) < 4.78 is 0. The molecular weight excluding hydrogens is 202 g/mol. The van der Waals surface area contributed by atoms with Gasteiger partial charge in [-0.3, -0.25) is 0 Å². The molecule has 0 bridgehead atoms. The molecule has 6 heteroatoms. The van der Waals surface area contributed by atoms with Gasteiger partial charge in [-0.15, -0.1) is 11.8 Å². The molecular formula is C8H11N3O2S. The molecule has 14 heavy (non-hydrogen) atoms. The second kappa shape index (κ2) is 5.46. The van der Waals surface area contributed by atoms with Gasteiger partial charge in [0.15, 0.2) is 5.84 Å². The van der Waals surface area contributed by atoms with Crippen molar-refractivity contribution in [1.82, 2.24) is 4.98 Å². The summed E-state index contributed by atoms with van der Waals surface area (Å²) in [5.74, 6) is 0.645. The SMILES string of the molecule is N/C(=N\O)c1ccc(SCCO)nc1. The van der Waals surface area contributed by atoms with Gasteiger partial charge in [0, 0.05) is 17.5 Å². The van der Waals surface area contributed by atoms with Gasteiger partial charge in [-0.05, 0) is 12.1 Å². The van der Waals surface area contributed by atoms with E-state index in [1.165, 1.54) is 18.0 Å². The lowest BCUT2D eigenvalue weighted by Crippen LogP contribution is -2.13. The Morgan fingerprint density at radius 3 is 2.86 bits per heavy atom. The first-order valence-corrected chi connectivity index (χ1v) is 4.94. The summed E-state index contributed by atoms with van der Waals surface area (Å²) in [5, 5.41) is 20.6. The smallest absolute Gasteiger partial charge is 0.171 e. The second-order valence-electron chi connectivity index (χ2n) is 2.44. The first-order valence-electron chi connectivity index (χ1n) is 3.95. The van der Waals surface area contributed by atoms with Gasteiger partial charge < -0.3 is 16.0 Å². The first-order chi connectivity index (χ1) is 6.77. The fraction of sp³-hybridized carbons (Fsp3) is 0.250. The molecule has 0 spiro atoms. The number of aromatic nitrogens is 1. The Bertz CT molecular complexity index is 313. The number of thioether (sulfide) groups is 1. The number of oxime groups is 1. The van der Waals surface area contributed by atoms with Crippen LogP contribution in [0.25, 0.3) is 0 Å². The van der Waals surface area contributed by atoms with Gasteiger partial charge in [-0.1, -0.05) is 5.16 Å². The number of pyridine rings is 1. The Labute approximate surface area is 85.6 Å². The van der Waals surface area contributed by atoms with Crippen LogP contribution in [0.1, 0.15) is 5.56 Å². The van der Waals surface area contributed by atoms with Crippen molar-refractivity contribution in [2.24, 2.45) is 10.9 Å². The zero-order chi connectivity index (χ0) is 10.4. The summed E-state index contributed by atoms with van der Waals surface area (Å²) in [6.07, 6.45) is 1.52. The Balaban J connectivity index is 2.68. The molecule has 0 atom stereocenters. The van der Waals surface area contributed by atoms with Crippen molar-refractivity contribution in [3.63, 3.8) is 0 Å². The number of hydrogen-bond donors (Lipinski definition) is 3. The number of nitrogens with two attached hydrogens (primary N) is 1. The van der Waals surface area contributed by atoms with Crippen molar-refractivity contribution in [2.75, 3.05) is 12.4 Å². The van der Waals surface area contributed by atoms with Crippen LogP contribution in [0.15, 0.2) is 28.5 Å². The van der Waals surface area contributed by atoms with Crippen LogP contribution in [-0.2, 0) is 0 Å². The monoisotopic (exact) mass is 213 g/mol. The van der Waals surface area contributed by atoms with Crippen molar-refractivity contribution in [3.05, 3.63) is 23.9 Å². The molecule has 0 amide bonds. The van der Waals surface area contributed by atoms with Gasteiger partial charge in [0.05, 0.1) is 11.6 Å². The maximum absolute atomic E-state index is 8.59. The zero-order valence-electron chi connectivity index (χ0n) is 7.42. The van der Waals surface area contributed by atoms with Gasteiger partial charge >= 0.3 is 0 Å². The molecule has 0 aliphatic carbocycles. The molecule has 0 fully saturated rings. The molecule has 0 aromatic carbocycles. The quantitative estimate of drug-likeness (QED) is 0.219. The lowest BCUT2D eigenvalue weighted by atomic mass is 10.3. The molecule has 1 rings (SSSR count). The minimum absolute atomic E-state index is 0.0382. The molecule has 0 saturated heterocycles. The van der Waals surface area contributed by atoms with Crippen LogP contribution in [0.3, 0.4) is 0 Å². The molecule has 0 saturated carbocycles. The molecule has 76 valence electrons. The normalized spacial score (nSPS) is 11.6. The van der Waals surface area contributed by atoms with E-state index in [2.05, 4.69) is 10.1 Å². The van der Waals surface area contributed by atoms with Crippen molar-refractivity contribution in [1.29, 1.82) is 0 Å². The minimum Gasteiger partial charge on any atom is -0.409 e. The van der Waals surface area contributed by atoms with Crippen LogP contribution in [0.4, 0.5) is 0 Å². The topological polar surface area (TPSA) is 91.7 Å². The third-order valence-electron chi connectivity index (χ3n) is 1.48. The van der Waals surface area contributed by atoms with E-state index in [9.17, 15) is 0 Å². The van der Waals surface area contributed by atoms with E-state index in [0.717, 1.165) is 5.03 Å². The summed E-state index contributed by atoms with van der Waals surface area (Å²) in [5.41, 5.74) is 5.93. The molecule has 1 heterocycles. The predicted molar refractivity (Wildman–Crippen MR) is 54.6 cm³/mol. The second-order valence-corrected chi connectivity index (χ2v) is 3.56. The Morgan fingerprint density at radius 1 is 1.57 bits per heavy atom. The number of aliphatic hydroxyl groups excluding tert-OH is 1. The number of aliphatic hydroxyl groups is 1. The minimum atomic E-state index is 0.0382. The summed E-state index contributed by atoms with van der Waals surface area (Å²) in [4.78, 5) is 4.07. The highest BCUT2D eigenvalue weighted by Crippen LogP contribution is 2.14. The molecule has 0 aliphatic heterocycles. The van der Waals surface area contributed by atoms with Gasteiger partial charge in [0.2, 0.25) is 0 Å². The van der Waals surface area contributed by atoms with Crippen LogP contribution in [0.2, 0.25) is 0 Å². The van der Waals surface area contributed by atoms with E-state index in [-0.39, 0.29) is 12.4 Å². The van der Waals surface area contributed by atoms with Crippen LogP contribution in [0, 0.1) is 0 Å². The van der Waals surface area contributed by atoms with E-state index in [1.807, 2.05) is 0 Å². The molecule has 1 aromatic heterocycles. The van der Waals surface area contributed by atoms with Crippen molar-refractivity contribution >= 4 is 17.6 Å². The van der Waals surface area contributed by atoms with Crippen LogP contribution in [0.5, 0.6) is 0 Å². The van der Waals surface area contributed by atoms with Gasteiger partial charge in [-0.2, -0.15) is 0 Å². The zero-order valence-corrected chi connectivity index (χ0v) is 8.24. The Morgan fingerprint density at radius 2 is 2.36 bits per heavy atom. The molecule has 5 nitrogen and oxygen atoms in total. The molecule has 0 unspecified atom stereocenters. The van der Waals surface area contributed by atoms with Gasteiger partial charge in [0.25, 0.3) is 0 Å². The third-order valence-corrected chi connectivity index (χ3v) is 2.41. The first kappa shape index (κ1) is 10.8. The van der Waals surface area contributed by atoms with Crippen molar-refractivity contribution < 1.29 is 10.3 Å². The van der Waals surface area contributed by atoms with E-state index >= 15 is 0 Å². The summed E-state index contributed by atoms with van der Waals surface area (Å²) in [7, 11) is 0. The Hall–Kier alpha value is -1.27. The standard InChI is InChI=1S/C8H11N3O2S/c9-8(11-13)6-1-2-7(10-5-6)14-4-3-12/h1-2,5,12-13H,3-4H2,(H2,9,11). The van der Waals surface area contributed by atoms with Gasteiger partial charge in [0.1, 0.15) is 0 Å². The lowest BCUT2D eigenvalue weighted by Gasteiger charge is -2.00. The number of nitrogens with zero attached hydrogens (tertiary/aromatic N) is 2. The average Bonchev–Trinajstić information content (AvgIpc) is 2.26. The number of hydrogen-bond acceptors (Lipinski definition) is 5. The van der Waals surface area contributed by atoms with Crippen LogP contribution in [-0.4, -0.2) is 33.5 Å². The average molecular weight is 213 g/mol. The molecule has 0 aliphatic rings. The summed E-state index contributed by atoms with van der Waals surface area (Å²) in [6, 6.07) is 3.47.